The lowest BCUT2D eigenvalue weighted by Gasteiger charge is -2.37. The molecule has 9 heteroatoms. The standard InChI is InChI=1S/C14H21FN4O3S/c1-23(21,22)17-8-12-3-5-19-13(2-4-16-19)9-18(12)14(20)10-6-11(15)7-10/h2,4,10-12,17H,3,5-9H2,1H3/t10?,11?,12-/m0/s1. The summed E-state index contributed by atoms with van der Waals surface area (Å²) in [5, 5.41) is 4.22. The summed E-state index contributed by atoms with van der Waals surface area (Å²) in [6.45, 7) is 1.17. The lowest BCUT2D eigenvalue weighted by molar-refractivity contribution is -0.143. The molecule has 1 aliphatic heterocycles. The summed E-state index contributed by atoms with van der Waals surface area (Å²) in [6.07, 6.45) is 3.03. The zero-order valence-corrected chi connectivity index (χ0v) is 13.8. The smallest absolute Gasteiger partial charge is 0.226 e. The van der Waals surface area contributed by atoms with Crippen molar-refractivity contribution < 1.29 is 17.6 Å². The normalized spacial score (nSPS) is 27.9. The van der Waals surface area contributed by atoms with Crippen LogP contribution in [0.2, 0.25) is 0 Å². The number of nitrogens with zero attached hydrogens (tertiary/aromatic N) is 3. The van der Waals surface area contributed by atoms with E-state index in [1.54, 1.807) is 11.1 Å². The van der Waals surface area contributed by atoms with Gasteiger partial charge in [-0.2, -0.15) is 5.10 Å². The zero-order valence-electron chi connectivity index (χ0n) is 13.0. The van der Waals surface area contributed by atoms with Crippen LogP contribution < -0.4 is 4.72 Å². The highest BCUT2D eigenvalue weighted by atomic mass is 32.2. The summed E-state index contributed by atoms with van der Waals surface area (Å²) in [6, 6.07) is 1.60. The number of aryl methyl sites for hydroxylation is 1. The number of fused-ring (bicyclic) bond motifs is 1. The summed E-state index contributed by atoms with van der Waals surface area (Å²) < 4.78 is 40.1. The van der Waals surface area contributed by atoms with Gasteiger partial charge in [0.2, 0.25) is 15.9 Å². The summed E-state index contributed by atoms with van der Waals surface area (Å²) in [5.41, 5.74) is 0.913. The van der Waals surface area contributed by atoms with Gasteiger partial charge in [-0.25, -0.2) is 17.5 Å². The second kappa shape index (κ2) is 6.20. The van der Waals surface area contributed by atoms with E-state index in [-0.39, 0.29) is 37.3 Å². The van der Waals surface area contributed by atoms with Crippen LogP contribution in [0.1, 0.15) is 25.0 Å². The number of carbonyl (C=O) groups is 1. The van der Waals surface area contributed by atoms with Gasteiger partial charge >= 0.3 is 0 Å². The molecule has 2 aliphatic rings. The van der Waals surface area contributed by atoms with E-state index in [1.165, 1.54) is 0 Å². The van der Waals surface area contributed by atoms with Gasteiger partial charge in [-0.15, -0.1) is 0 Å². The highest BCUT2D eigenvalue weighted by Gasteiger charge is 2.39. The average Bonchev–Trinajstić information content (AvgIpc) is 2.80. The molecule has 1 fully saturated rings. The summed E-state index contributed by atoms with van der Waals surface area (Å²) in [7, 11) is -3.33. The first kappa shape index (κ1) is 16.4. The number of hydrogen-bond acceptors (Lipinski definition) is 4. The second-order valence-electron chi connectivity index (χ2n) is 6.34. The van der Waals surface area contributed by atoms with E-state index in [0.29, 0.717) is 19.5 Å². The third-order valence-corrected chi connectivity index (χ3v) is 5.24. The van der Waals surface area contributed by atoms with Gasteiger partial charge in [-0.05, 0) is 25.3 Å². The number of rotatable bonds is 4. The molecule has 2 heterocycles. The van der Waals surface area contributed by atoms with Gasteiger partial charge < -0.3 is 4.90 Å². The van der Waals surface area contributed by atoms with Gasteiger partial charge in [0.05, 0.1) is 18.5 Å². The van der Waals surface area contributed by atoms with E-state index in [2.05, 4.69) is 9.82 Å². The van der Waals surface area contributed by atoms with Gasteiger partial charge in [0.15, 0.2) is 0 Å². The highest BCUT2D eigenvalue weighted by molar-refractivity contribution is 7.88. The van der Waals surface area contributed by atoms with Crippen LogP contribution in [-0.2, 0) is 27.9 Å². The fourth-order valence-corrected chi connectivity index (χ4v) is 3.62. The molecule has 1 atom stereocenters. The monoisotopic (exact) mass is 344 g/mol. The van der Waals surface area contributed by atoms with Crippen LogP contribution in [0.5, 0.6) is 0 Å². The molecule has 1 N–H and O–H groups in total. The van der Waals surface area contributed by atoms with Crippen molar-refractivity contribution in [1.29, 1.82) is 0 Å². The minimum Gasteiger partial charge on any atom is -0.332 e. The molecule has 23 heavy (non-hydrogen) atoms. The minimum atomic E-state index is -3.33. The van der Waals surface area contributed by atoms with Gasteiger partial charge in [-0.3, -0.25) is 9.48 Å². The molecule has 3 rings (SSSR count). The van der Waals surface area contributed by atoms with Gasteiger partial charge in [0.1, 0.15) is 6.17 Å². The number of hydrogen-bond donors (Lipinski definition) is 1. The Labute approximate surface area is 134 Å². The molecule has 0 radical (unpaired) electrons. The molecule has 1 aromatic heterocycles. The second-order valence-corrected chi connectivity index (χ2v) is 8.17. The predicted octanol–water partition coefficient (Wildman–Crippen LogP) is 0.281. The SMILES string of the molecule is CS(=O)(=O)NC[C@@H]1CCn2nccc2CN1C(=O)C1CC(F)C1. The molecule has 7 nitrogen and oxygen atoms in total. The van der Waals surface area contributed by atoms with Crippen molar-refractivity contribution in [3.05, 3.63) is 18.0 Å². The summed E-state index contributed by atoms with van der Waals surface area (Å²) in [4.78, 5) is 14.4. The Kier molecular flexibility index (Phi) is 4.41. The Bertz CT molecular complexity index is 684. The molecule has 0 bridgehead atoms. The molecule has 1 amide bonds. The van der Waals surface area contributed by atoms with Gasteiger partial charge in [0.25, 0.3) is 0 Å². The van der Waals surface area contributed by atoms with E-state index in [9.17, 15) is 17.6 Å². The maximum Gasteiger partial charge on any atom is 0.226 e. The van der Waals surface area contributed by atoms with Gasteiger partial charge in [-0.1, -0.05) is 0 Å². The van der Waals surface area contributed by atoms with Crippen molar-refractivity contribution in [3.63, 3.8) is 0 Å². The Morgan fingerprint density at radius 1 is 1.48 bits per heavy atom. The zero-order chi connectivity index (χ0) is 16.6. The molecule has 1 aromatic rings. The lowest BCUT2D eigenvalue weighted by Crippen LogP contribution is -2.50. The average molecular weight is 344 g/mol. The van der Waals surface area contributed by atoms with Crippen molar-refractivity contribution in [2.24, 2.45) is 5.92 Å². The first-order valence-corrected chi connectivity index (χ1v) is 9.62. The Morgan fingerprint density at radius 3 is 2.87 bits per heavy atom. The van der Waals surface area contributed by atoms with E-state index < -0.39 is 16.2 Å². The van der Waals surface area contributed by atoms with Gasteiger partial charge in [0, 0.05) is 31.2 Å². The number of aromatic nitrogens is 2. The first-order chi connectivity index (χ1) is 10.8. The predicted molar refractivity (Wildman–Crippen MR) is 81.6 cm³/mol. The molecule has 0 unspecified atom stereocenters. The van der Waals surface area contributed by atoms with Crippen LogP contribution in [0.15, 0.2) is 12.3 Å². The summed E-state index contributed by atoms with van der Waals surface area (Å²) in [5.74, 6) is -0.381. The highest BCUT2D eigenvalue weighted by Crippen LogP contribution is 2.33. The largest absolute Gasteiger partial charge is 0.332 e. The van der Waals surface area contributed by atoms with E-state index in [4.69, 9.17) is 0 Å². The first-order valence-electron chi connectivity index (χ1n) is 7.73. The van der Waals surface area contributed by atoms with E-state index >= 15 is 0 Å². The van der Waals surface area contributed by atoms with Crippen LogP contribution >= 0.6 is 0 Å². The number of carbonyl (C=O) groups excluding carboxylic acids is 1. The number of halogens is 1. The van der Waals surface area contributed by atoms with Crippen molar-refractivity contribution in [3.8, 4) is 0 Å². The summed E-state index contributed by atoms with van der Waals surface area (Å²) >= 11 is 0. The molecule has 0 spiro atoms. The number of sulfonamides is 1. The van der Waals surface area contributed by atoms with Crippen molar-refractivity contribution in [1.82, 2.24) is 19.4 Å². The van der Waals surface area contributed by atoms with Crippen LogP contribution in [0, 0.1) is 5.92 Å². The fraction of sp³-hybridized carbons (Fsp3) is 0.714. The van der Waals surface area contributed by atoms with Crippen LogP contribution in [0.4, 0.5) is 4.39 Å². The Balaban J connectivity index is 1.77. The molecule has 128 valence electrons. The van der Waals surface area contributed by atoms with Crippen LogP contribution in [-0.4, -0.2) is 54.0 Å². The molecule has 0 aromatic carbocycles. The third-order valence-electron chi connectivity index (χ3n) is 4.55. The van der Waals surface area contributed by atoms with Crippen molar-refractivity contribution in [2.45, 2.75) is 44.6 Å². The Morgan fingerprint density at radius 2 is 2.22 bits per heavy atom. The quantitative estimate of drug-likeness (QED) is 0.850. The van der Waals surface area contributed by atoms with Crippen molar-refractivity contribution in [2.75, 3.05) is 12.8 Å². The number of nitrogens with one attached hydrogen (secondary N) is 1. The third kappa shape index (κ3) is 3.72. The number of amides is 1. The molecule has 1 saturated carbocycles. The topological polar surface area (TPSA) is 84.3 Å². The van der Waals surface area contributed by atoms with Crippen molar-refractivity contribution >= 4 is 15.9 Å². The van der Waals surface area contributed by atoms with E-state index in [1.807, 2.05) is 10.7 Å². The minimum absolute atomic E-state index is 0.0890. The lowest BCUT2D eigenvalue weighted by atomic mass is 9.82. The van der Waals surface area contributed by atoms with Crippen LogP contribution in [0.3, 0.4) is 0 Å². The fourth-order valence-electron chi connectivity index (χ4n) is 3.13. The Hall–Kier alpha value is -1.48. The van der Waals surface area contributed by atoms with E-state index in [0.717, 1.165) is 11.9 Å². The maximum absolute atomic E-state index is 13.1. The molecular weight excluding hydrogens is 323 g/mol. The number of alkyl halides is 1. The maximum atomic E-state index is 13.1. The molecule has 0 saturated heterocycles. The molecule has 1 aliphatic carbocycles. The van der Waals surface area contributed by atoms with Crippen LogP contribution in [0.25, 0.3) is 0 Å². The molecular formula is C14H21FN4O3S.